The highest BCUT2D eigenvalue weighted by Gasteiger charge is 2.17. The fourth-order valence-electron chi connectivity index (χ4n) is 2.44. The molecule has 0 saturated heterocycles. The van der Waals surface area contributed by atoms with Crippen molar-refractivity contribution in [2.45, 2.75) is 26.2 Å². The minimum Gasteiger partial charge on any atom is -0.368 e. The average molecular weight is 310 g/mol. The van der Waals surface area contributed by atoms with Crippen LogP contribution in [0.15, 0.2) is 41.2 Å². The Labute approximate surface area is 134 Å². The van der Waals surface area contributed by atoms with E-state index in [-0.39, 0.29) is 0 Å². The van der Waals surface area contributed by atoms with Crippen molar-refractivity contribution in [1.82, 2.24) is 15.0 Å². The van der Waals surface area contributed by atoms with Gasteiger partial charge in [0, 0.05) is 22.7 Å². The van der Waals surface area contributed by atoms with E-state index in [1.807, 2.05) is 18.2 Å². The van der Waals surface area contributed by atoms with Crippen LogP contribution < -0.4 is 5.73 Å². The molecule has 3 aromatic heterocycles. The van der Waals surface area contributed by atoms with Crippen molar-refractivity contribution in [3.05, 3.63) is 46.8 Å². The summed E-state index contributed by atoms with van der Waals surface area (Å²) in [6, 6.07) is 7.91. The molecule has 3 heterocycles. The minimum absolute atomic E-state index is 0.294. The molecule has 0 spiro atoms. The van der Waals surface area contributed by atoms with Gasteiger partial charge in [0.1, 0.15) is 0 Å². The first-order valence-electron chi connectivity index (χ1n) is 7.40. The summed E-state index contributed by atoms with van der Waals surface area (Å²) >= 11 is 1.66. The summed E-state index contributed by atoms with van der Waals surface area (Å²) in [5.74, 6) is 0.294. The van der Waals surface area contributed by atoms with Crippen molar-refractivity contribution in [1.29, 1.82) is 0 Å². The fourth-order valence-corrected chi connectivity index (χ4v) is 3.08. The molecule has 0 radical (unpaired) electrons. The third-order valence-corrected chi connectivity index (χ3v) is 4.19. The maximum atomic E-state index is 5.95. The number of pyridine rings is 1. The Bertz CT molecular complexity index is 739. The van der Waals surface area contributed by atoms with Crippen LogP contribution in [0.25, 0.3) is 22.6 Å². The number of hydrogen-bond donors (Lipinski definition) is 1. The molecule has 0 bridgehead atoms. The summed E-state index contributed by atoms with van der Waals surface area (Å²) in [4.78, 5) is 13.4. The van der Waals surface area contributed by atoms with Crippen LogP contribution in [0.3, 0.4) is 0 Å². The van der Waals surface area contributed by atoms with Crippen LogP contribution in [0.4, 0.5) is 5.95 Å². The summed E-state index contributed by atoms with van der Waals surface area (Å²) in [6.45, 7) is 2.18. The molecule has 5 heteroatoms. The first kappa shape index (κ1) is 14.7. The summed E-state index contributed by atoms with van der Waals surface area (Å²) in [6.07, 6.45) is 4.91. The van der Waals surface area contributed by atoms with Crippen LogP contribution in [-0.4, -0.2) is 15.0 Å². The topological polar surface area (TPSA) is 64.7 Å². The van der Waals surface area contributed by atoms with E-state index < -0.39 is 0 Å². The number of thiophene rings is 1. The molecule has 0 aliphatic carbocycles. The monoisotopic (exact) mass is 310 g/mol. The molecule has 3 rings (SSSR count). The summed E-state index contributed by atoms with van der Waals surface area (Å²) in [5, 5.41) is 4.15. The molecule has 112 valence electrons. The SMILES string of the molecule is CCCCc1c(-c2ccsc2)nc(N)nc1-c1ccccn1. The first-order chi connectivity index (χ1) is 10.8. The standard InChI is InChI=1S/C17H18N4S/c1-2-3-6-13-15(12-8-10-22-11-12)20-17(18)21-16(13)14-7-4-5-9-19-14/h4-5,7-11H,2-3,6H2,1H3,(H2,18,20,21). The van der Waals surface area contributed by atoms with Gasteiger partial charge >= 0.3 is 0 Å². The Morgan fingerprint density at radius 2 is 2.00 bits per heavy atom. The van der Waals surface area contributed by atoms with Crippen molar-refractivity contribution in [3.8, 4) is 22.6 Å². The Morgan fingerprint density at radius 3 is 2.68 bits per heavy atom. The predicted octanol–water partition coefficient (Wildman–Crippen LogP) is 4.19. The van der Waals surface area contributed by atoms with E-state index >= 15 is 0 Å². The van der Waals surface area contributed by atoms with E-state index in [9.17, 15) is 0 Å². The van der Waals surface area contributed by atoms with Crippen LogP contribution in [0.1, 0.15) is 25.3 Å². The molecule has 3 aromatic rings. The van der Waals surface area contributed by atoms with Crippen molar-refractivity contribution in [2.75, 3.05) is 5.73 Å². The Kier molecular flexibility index (Phi) is 4.44. The smallest absolute Gasteiger partial charge is 0.221 e. The van der Waals surface area contributed by atoms with Gasteiger partial charge in [0.2, 0.25) is 5.95 Å². The number of nitrogens with two attached hydrogens (primary N) is 1. The van der Waals surface area contributed by atoms with E-state index in [1.54, 1.807) is 17.5 Å². The Hall–Kier alpha value is -2.27. The second-order valence-corrected chi connectivity index (χ2v) is 5.87. The quantitative estimate of drug-likeness (QED) is 0.767. The lowest BCUT2D eigenvalue weighted by molar-refractivity contribution is 0.791. The van der Waals surface area contributed by atoms with Crippen LogP contribution in [0.5, 0.6) is 0 Å². The third kappa shape index (κ3) is 2.99. The molecule has 0 unspecified atom stereocenters. The van der Waals surface area contributed by atoms with Gasteiger partial charge in [0.15, 0.2) is 0 Å². The molecule has 0 amide bonds. The molecule has 0 fully saturated rings. The lowest BCUT2D eigenvalue weighted by Gasteiger charge is -2.13. The maximum Gasteiger partial charge on any atom is 0.221 e. The molecule has 0 aliphatic rings. The highest BCUT2D eigenvalue weighted by atomic mass is 32.1. The summed E-state index contributed by atoms with van der Waals surface area (Å²) in [5.41, 5.74) is 10.8. The summed E-state index contributed by atoms with van der Waals surface area (Å²) in [7, 11) is 0. The zero-order chi connectivity index (χ0) is 15.4. The van der Waals surface area contributed by atoms with E-state index in [0.717, 1.165) is 47.5 Å². The molecular weight excluding hydrogens is 292 g/mol. The highest BCUT2D eigenvalue weighted by molar-refractivity contribution is 7.08. The van der Waals surface area contributed by atoms with Crippen LogP contribution >= 0.6 is 11.3 Å². The predicted molar refractivity (Wildman–Crippen MR) is 91.6 cm³/mol. The number of anilines is 1. The van der Waals surface area contributed by atoms with Crippen molar-refractivity contribution < 1.29 is 0 Å². The lowest BCUT2D eigenvalue weighted by atomic mass is 9.99. The van der Waals surface area contributed by atoms with Gasteiger partial charge < -0.3 is 5.73 Å². The van der Waals surface area contributed by atoms with Gasteiger partial charge in [-0.1, -0.05) is 19.4 Å². The third-order valence-electron chi connectivity index (χ3n) is 3.51. The van der Waals surface area contributed by atoms with E-state index in [0.29, 0.717) is 5.95 Å². The Balaban J connectivity index is 2.20. The van der Waals surface area contributed by atoms with Crippen LogP contribution in [-0.2, 0) is 6.42 Å². The fraction of sp³-hybridized carbons (Fsp3) is 0.235. The number of rotatable bonds is 5. The number of nitrogens with zero attached hydrogens (tertiary/aromatic N) is 3. The van der Waals surface area contributed by atoms with E-state index in [2.05, 4.69) is 38.7 Å². The molecule has 22 heavy (non-hydrogen) atoms. The van der Waals surface area contributed by atoms with Crippen molar-refractivity contribution in [3.63, 3.8) is 0 Å². The molecule has 0 aromatic carbocycles. The van der Waals surface area contributed by atoms with Gasteiger partial charge in [-0.05, 0) is 36.4 Å². The zero-order valence-corrected chi connectivity index (χ0v) is 13.3. The second-order valence-electron chi connectivity index (χ2n) is 5.09. The maximum absolute atomic E-state index is 5.95. The molecular formula is C17H18N4S. The number of aromatic nitrogens is 3. The molecule has 0 saturated carbocycles. The molecule has 0 atom stereocenters. The molecule has 4 nitrogen and oxygen atoms in total. The second kappa shape index (κ2) is 6.66. The summed E-state index contributed by atoms with van der Waals surface area (Å²) < 4.78 is 0. The first-order valence-corrected chi connectivity index (χ1v) is 8.34. The lowest BCUT2D eigenvalue weighted by Crippen LogP contribution is -2.05. The zero-order valence-electron chi connectivity index (χ0n) is 12.5. The number of unbranched alkanes of at least 4 members (excludes halogenated alkanes) is 1. The number of hydrogen-bond acceptors (Lipinski definition) is 5. The number of nitrogen functional groups attached to an aromatic ring is 1. The average Bonchev–Trinajstić information content (AvgIpc) is 3.08. The van der Waals surface area contributed by atoms with Gasteiger partial charge in [-0.2, -0.15) is 11.3 Å². The Morgan fingerprint density at radius 1 is 1.14 bits per heavy atom. The van der Waals surface area contributed by atoms with Gasteiger partial charge in [0.25, 0.3) is 0 Å². The molecule has 2 N–H and O–H groups in total. The van der Waals surface area contributed by atoms with Crippen molar-refractivity contribution >= 4 is 17.3 Å². The van der Waals surface area contributed by atoms with E-state index in [4.69, 9.17) is 5.73 Å². The largest absolute Gasteiger partial charge is 0.368 e. The van der Waals surface area contributed by atoms with Gasteiger partial charge in [0.05, 0.1) is 17.1 Å². The van der Waals surface area contributed by atoms with Gasteiger partial charge in [-0.25, -0.2) is 9.97 Å². The van der Waals surface area contributed by atoms with Crippen LogP contribution in [0.2, 0.25) is 0 Å². The van der Waals surface area contributed by atoms with Gasteiger partial charge in [-0.15, -0.1) is 0 Å². The van der Waals surface area contributed by atoms with Gasteiger partial charge in [-0.3, -0.25) is 4.98 Å². The minimum atomic E-state index is 0.294. The highest BCUT2D eigenvalue weighted by Crippen LogP contribution is 2.31. The molecule has 0 aliphatic heterocycles. The van der Waals surface area contributed by atoms with Crippen molar-refractivity contribution in [2.24, 2.45) is 0 Å². The van der Waals surface area contributed by atoms with E-state index in [1.165, 1.54) is 0 Å². The normalized spacial score (nSPS) is 10.8. The van der Waals surface area contributed by atoms with Crippen LogP contribution in [0, 0.1) is 0 Å².